The molecule has 3 aromatic rings. The predicted octanol–water partition coefficient (Wildman–Crippen LogP) is 2.92. The van der Waals surface area contributed by atoms with Crippen LogP contribution in [0.1, 0.15) is 16.1 Å². The number of nitrogens with one attached hydrogen (secondary N) is 1. The first-order valence-corrected chi connectivity index (χ1v) is 4.90. The van der Waals surface area contributed by atoms with Crippen LogP contribution in [0.3, 0.4) is 0 Å². The Morgan fingerprint density at radius 2 is 2.12 bits per heavy atom. The summed E-state index contributed by atoms with van der Waals surface area (Å²) < 4.78 is 5.54. The van der Waals surface area contributed by atoms with E-state index in [1.54, 1.807) is 0 Å². The molecule has 0 aliphatic rings. The summed E-state index contributed by atoms with van der Waals surface area (Å²) in [6.07, 6.45) is 0. The normalized spacial score (nSPS) is 11.3. The van der Waals surface area contributed by atoms with Crippen LogP contribution in [0.2, 0.25) is 0 Å². The summed E-state index contributed by atoms with van der Waals surface area (Å²) in [7, 11) is 0. The van der Waals surface area contributed by atoms with Crippen molar-refractivity contribution in [3.8, 4) is 0 Å². The van der Waals surface area contributed by atoms with Gasteiger partial charge in [-0.15, -0.1) is 0 Å². The molecule has 0 unspecified atom stereocenters. The largest absolute Gasteiger partial charge is 0.477 e. The number of aromatic nitrogens is 1. The van der Waals surface area contributed by atoms with E-state index in [0.717, 1.165) is 22.0 Å². The van der Waals surface area contributed by atoms with Crippen LogP contribution in [0.4, 0.5) is 0 Å². The second-order valence-electron chi connectivity index (χ2n) is 3.83. The number of carboxylic acids is 1. The third-order valence-electron chi connectivity index (χ3n) is 2.64. The van der Waals surface area contributed by atoms with Crippen LogP contribution in [-0.2, 0) is 0 Å². The maximum Gasteiger partial charge on any atom is 0.352 e. The minimum atomic E-state index is -0.979. The maximum absolute atomic E-state index is 10.8. The van der Waals surface area contributed by atoms with Crippen LogP contribution in [0.25, 0.3) is 22.1 Å². The van der Waals surface area contributed by atoms with Crippen molar-refractivity contribution in [2.75, 3.05) is 0 Å². The van der Waals surface area contributed by atoms with Gasteiger partial charge in [0.15, 0.2) is 5.58 Å². The predicted molar refractivity (Wildman–Crippen MR) is 59.8 cm³/mol. The van der Waals surface area contributed by atoms with Crippen molar-refractivity contribution in [3.63, 3.8) is 0 Å². The minimum Gasteiger partial charge on any atom is -0.477 e. The SMILES string of the molecule is Cc1ccc2oc3cc(C(=O)O)[nH]c3c2c1. The van der Waals surface area contributed by atoms with E-state index in [0.29, 0.717) is 5.58 Å². The number of rotatable bonds is 1. The van der Waals surface area contributed by atoms with Crippen LogP contribution < -0.4 is 0 Å². The van der Waals surface area contributed by atoms with Crippen LogP contribution >= 0.6 is 0 Å². The molecule has 2 aromatic heterocycles. The van der Waals surface area contributed by atoms with Crippen molar-refractivity contribution in [1.82, 2.24) is 4.98 Å². The van der Waals surface area contributed by atoms with Gasteiger partial charge in [0.25, 0.3) is 0 Å². The first-order chi connectivity index (χ1) is 7.65. The lowest BCUT2D eigenvalue weighted by atomic mass is 10.2. The average molecular weight is 215 g/mol. The average Bonchev–Trinajstić information content (AvgIpc) is 2.75. The standard InChI is InChI=1S/C12H9NO3/c1-6-2-3-9-7(4-6)11-10(16-9)5-8(13-11)12(14)15/h2-5,13H,1H3,(H,14,15). The van der Waals surface area contributed by atoms with Crippen LogP contribution in [0.15, 0.2) is 28.7 Å². The molecule has 0 bridgehead atoms. The topological polar surface area (TPSA) is 66.2 Å². The summed E-state index contributed by atoms with van der Waals surface area (Å²) in [5.74, 6) is -0.979. The Morgan fingerprint density at radius 3 is 2.88 bits per heavy atom. The summed E-state index contributed by atoms with van der Waals surface area (Å²) in [4.78, 5) is 13.7. The molecule has 0 saturated heterocycles. The molecule has 4 heteroatoms. The van der Waals surface area contributed by atoms with Gasteiger partial charge < -0.3 is 14.5 Å². The fourth-order valence-corrected chi connectivity index (χ4v) is 1.88. The van der Waals surface area contributed by atoms with E-state index < -0.39 is 5.97 Å². The lowest BCUT2D eigenvalue weighted by Gasteiger charge is -1.91. The van der Waals surface area contributed by atoms with E-state index in [2.05, 4.69) is 4.98 Å². The van der Waals surface area contributed by atoms with E-state index >= 15 is 0 Å². The molecule has 80 valence electrons. The lowest BCUT2D eigenvalue weighted by molar-refractivity contribution is 0.0691. The highest BCUT2D eigenvalue weighted by atomic mass is 16.4. The summed E-state index contributed by atoms with van der Waals surface area (Å²) in [6.45, 7) is 1.99. The van der Waals surface area contributed by atoms with E-state index in [4.69, 9.17) is 9.52 Å². The van der Waals surface area contributed by atoms with E-state index in [-0.39, 0.29) is 5.69 Å². The number of H-pyrrole nitrogens is 1. The number of hydrogen-bond acceptors (Lipinski definition) is 2. The number of aromatic carboxylic acids is 1. The first-order valence-electron chi connectivity index (χ1n) is 4.90. The van der Waals surface area contributed by atoms with Crippen molar-refractivity contribution in [3.05, 3.63) is 35.5 Å². The van der Waals surface area contributed by atoms with Gasteiger partial charge in [-0.25, -0.2) is 4.79 Å². The van der Waals surface area contributed by atoms with Gasteiger partial charge >= 0.3 is 5.97 Å². The summed E-state index contributed by atoms with van der Waals surface area (Å²) in [5, 5.41) is 9.78. The molecule has 2 heterocycles. The zero-order valence-electron chi connectivity index (χ0n) is 8.57. The second kappa shape index (κ2) is 2.88. The number of hydrogen-bond donors (Lipinski definition) is 2. The molecular formula is C12H9NO3. The molecule has 0 radical (unpaired) electrons. The second-order valence-corrected chi connectivity index (χ2v) is 3.83. The van der Waals surface area contributed by atoms with Crippen molar-refractivity contribution in [2.24, 2.45) is 0 Å². The third kappa shape index (κ3) is 1.13. The number of carbonyl (C=O) groups is 1. The van der Waals surface area contributed by atoms with Crippen LogP contribution in [0, 0.1) is 6.92 Å². The summed E-state index contributed by atoms with van der Waals surface area (Å²) >= 11 is 0. The van der Waals surface area contributed by atoms with E-state index in [1.165, 1.54) is 6.07 Å². The fraction of sp³-hybridized carbons (Fsp3) is 0.0833. The summed E-state index contributed by atoms with van der Waals surface area (Å²) in [5.41, 5.74) is 3.36. The number of aryl methyl sites for hydroxylation is 1. The monoisotopic (exact) mass is 215 g/mol. The Hall–Kier alpha value is -2.23. The summed E-state index contributed by atoms with van der Waals surface area (Å²) in [6, 6.07) is 7.33. The Balaban J connectivity index is 2.40. The molecule has 0 amide bonds. The van der Waals surface area contributed by atoms with Crippen molar-refractivity contribution < 1.29 is 14.3 Å². The molecule has 0 fully saturated rings. The van der Waals surface area contributed by atoms with Gasteiger partial charge in [0.05, 0.1) is 5.52 Å². The number of aromatic amines is 1. The highest BCUT2D eigenvalue weighted by molar-refractivity contribution is 6.05. The van der Waals surface area contributed by atoms with Gasteiger partial charge in [0.2, 0.25) is 0 Å². The molecule has 0 aliphatic carbocycles. The molecule has 3 rings (SSSR count). The number of carboxylic acid groups (broad SMARTS) is 1. The molecule has 0 saturated carbocycles. The van der Waals surface area contributed by atoms with Crippen LogP contribution in [0.5, 0.6) is 0 Å². The number of fused-ring (bicyclic) bond motifs is 3. The number of benzene rings is 1. The zero-order chi connectivity index (χ0) is 11.3. The number of furan rings is 1. The molecule has 0 spiro atoms. The van der Waals surface area contributed by atoms with Crippen LogP contribution in [-0.4, -0.2) is 16.1 Å². The zero-order valence-corrected chi connectivity index (χ0v) is 8.57. The molecule has 16 heavy (non-hydrogen) atoms. The van der Waals surface area contributed by atoms with Crippen molar-refractivity contribution in [2.45, 2.75) is 6.92 Å². The van der Waals surface area contributed by atoms with Crippen molar-refractivity contribution in [1.29, 1.82) is 0 Å². The first kappa shape index (κ1) is 9.03. The lowest BCUT2D eigenvalue weighted by Crippen LogP contribution is -1.94. The van der Waals surface area contributed by atoms with E-state index in [9.17, 15) is 4.79 Å². The Bertz CT molecular complexity index is 706. The van der Waals surface area contributed by atoms with Gasteiger partial charge in [-0.05, 0) is 19.1 Å². The molecule has 0 atom stereocenters. The van der Waals surface area contributed by atoms with Gasteiger partial charge in [0, 0.05) is 11.5 Å². The Kier molecular flexibility index (Phi) is 1.63. The molecule has 1 aromatic carbocycles. The van der Waals surface area contributed by atoms with Gasteiger partial charge in [-0.3, -0.25) is 0 Å². The third-order valence-corrected chi connectivity index (χ3v) is 2.64. The Labute approximate surface area is 90.5 Å². The van der Waals surface area contributed by atoms with Gasteiger partial charge in [-0.2, -0.15) is 0 Å². The van der Waals surface area contributed by atoms with Gasteiger partial charge in [0.1, 0.15) is 11.3 Å². The molecule has 4 nitrogen and oxygen atoms in total. The smallest absolute Gasteiger partial charge is 0.352 e. The highest BCUT2D eigenvalue weighted by Crippen LogP contribution is 2.29. The van der Waals surface area contributed by atoms with Gasteiger partial charge in [-0.1, -0.05) is 11.6 Å². The molecule has 2 N–H and O–H groups in total. The highest BCUT2D eigenvalue weighted by Gasteiger charge is 2.13. The Morgan fingerprint density at radius 1 is 1.31 bits per heavy atom. The molecule has 0 aliphatic heterocycles. The van der Waals surface area contributed by atoms with Crippen molar-refractivity contribution >= 4 is 28.0 Å². The van der Waals surface area contributed by atoms with E-state index in [1.807, 2.05) is 25.1 Å². The fourth-order valence-electron chi connectivity index (χ4n) is 1.88. The minimum absolute atomic E-state index is 0.150. The maximum atomic E-state index is 10.8. The molecular weight excluding hydrogens is 206 g/mol. The quantitative estimate of drug-likeness (QED) is 0.655.